The molecule has 0 bridgehead atoms. The maximum Gasteiger partial charge on any atom is 0.244 e. The monoisotopic (exact) mass is 332 g/mol. The van der Waals surface area contributed by atoms with Gasteiger partial charge in [-0.15, -0.1) is 0 Å². The highest BCUT2D eigenvalue weighted by atomic mass is 35.5. The number of imide groups is 1. The number of nitrogens with one attached hydrogen (secondary N) is 1. The molecule has 0 unspecified atom stereocenters. The van der Waals surface area contributed by atoms with Crippen molar-refractivity contribution in [3.8, 4) is 0 Å². The van der Waals surface area contributed by atoms with Crippen molar-refractivity contribution in [2.24, 2.45) is 11.8 Å². The van der Waals surface area contributed by atoms with Gasteiger partial charge in [-0.2, -0.15) is 0 Å². The van der Waals surface area contributed by atoms with Crippen LogP contribution in [0.25, 0.3) is 0 Å². The topological polar surface area (TPSA) is 66.5 Å². The Balaban J connectivity index is 1.70. The summed E-state index contributed by atoms with van der Waals surface area (Å²) in [6.45, 7) is 1.54. The summed E-state index contributed by atoms with van der Waals surface area (Å²) in [5.41, 5.74) is 1.33. The molecule has 2 atom stereocenters. The van der Waals surface area contributed by atoms with Gasteiger partial charge >= 0.3 is 0 Å². The molecule has 23 heavy (non-hydrogen) atoms. The molecule has 1 heterocycles. The van der Waals surface area contributed by atoms with E-state index in [-0.39, 0.29) is 30.2 Å². The normalized spacial score (nSPS) is 23.1. The zero-order valence-electron chi connectivity index (χ0n) is 12.7. The third-order valence-electron chi connectivity index (χ3n) is 4.44. The molecule has 6 heteroatoms. The van der Waals surface area contributed by atoms with Crippen molar-refractivity contribution in [2.45, 2.75) is 19.8 Å². The van der Waals surface area contributed by atoms with E-state index in [9.17, 15) is 14.4 Å². The van der Waals surface area contributed by atoms with Gasteiger partial charge in [-0.05, 0) is 37.5 Å². The van der Waals surface area contributed by atoms with Crippen LogP contribution in [0.15, 0.2) is 30.4 Å². The number of carbonyl (C=O) groups is 3. The second kappa shape index (κ2) is 6.16. The molecule has 1 saturated heterocycles. The van der Waals surface area contributed by atoms with Crippen molar-refractivity contribution in [1.29, 1.82) is 0 Å². The predicted octanol–water partition coefficient (Wildman–Crippen LogP) is 2.54. The molecular formula is C17H17ClN2O3. The van der Waals surface area contributed by atoms with Crippen molar-refractivity contribution in [1.82, 2.24) is 4.90 Å². The van der Waals surface area contributed by atoms with Crippen LogP contribution < -0.4 is 5.32 Å². The number of rotatable bonds is 3. The molecule has 1 aliphatic heterocycles. The Kier molecular flexibility index (Phi) is 4.22. The second-order valence-corrected chi connectivity index (χ2v) is 6.29. The Bertz CT molecular complexity index is 688. The largest absolute Gasteiger partial charge is 0.324 e. The van der Waals surface area contributed by atoms with Crippen molar-refractivity contribution in [3.63, 3.8) is 0 Å². The molecule has 0 radical (unpaired) electrons. The Hall–Kier alpha value is -2.14. The molecule has 1 N–H and O–H groups in total. The zero-order valence-corrected chi connectivity index (χ0v) is 13.5. The molecular weight excluding hydrogens is 316 g/mol. The lowest BCUT2D eigenvalue weighted by Gasteiger charge is -2.15. The van der Waals surface area contributed by atoms with Gasteiger partial charge in [-0.3, -0.25) is 19.3 Å². The van der Waals surface area contributed by atoms with E-state index in [0.29, 0.717) is 23.6 Å². The first-order valence-corrected chi connectivity index (χ1v) is 7.92. The molecule has 2 aliphatic rings. The number of anilines is 1. The maximum atomic E-state index is 12.3. The average Bonchev–Trinajstić information content (AvgIpc) is 2.77. The van der Waals surface area contributed by atoms with E-state index >= 15 is 0 Å². The van der Waals surface area contributed by atoms with Gasteiger partial charge in [0.1, 0.15) is 6.54 Å². The van der Waals surface area contributed by atoms with E-state index in [4.69, 9.17) is 11.6 Å². The van der Waals surface area contributed by atoms with E-state index in [1.165, 1.54) is 0 Å². The minimum Gasteiger partial charge on any atom is -0.324 e. The number of benzene rings is 1. The molecule has 1 fully saturated rings. The third-order valence-corrected chi connectivity index (χ3v) is 4.85. The highest BCUT2D eigenvalue weighted by molar-refractivity contribution is 6.31. The van der Waals surface area contributed by atoms with Crippen LogP contribution in [0.2, 0.25) is 5.02 Å². The van der Waals surface area contributed by atoms with E-state index in [0.717, 1.165) is 10.5 Å². The van der Waals surface area contributed by atoms with E-state index in [2.05, 4.69) is 5.32 Å². The quantitative estimate of drug-likeness (QED) is 0.683. The Morgan fingerprint density at radius 1 is 1.22 bits per heavy atom. The summed E-state index contributed by atoms with van der Waals surface area (Å²) >= 11 is 6.02. The number of hydrogen-bond donors (Lipinski definition) is 1. The van der Waals surface area contributed by atoms with Crippen LogP contribution in [0.1, 0.15) is 18.4 Å². The number of amides is 3. The van der Waals surface area contributed by atoms with Gasteiger partial charge in [0.2, 0.25) is 17.7 Å². The fourth-order valence-electron chi connectivity index (χ4n) is 3.10. The molecule has 0 aromatic heterocycles. The minimum atomic E-state index is -0.399. The molecule has 1 aromatic carbocycles. The van der Waals surface area contributed by atoms with Crippen LogP contribution in [0, 0.1) is 18.8 Å². The number of nitrogens with zero attached hydrogens (tertiary/aromatic N) is 1. The van der Waals surface area contributed by atoms with E-state index in [1.807, 2.05) is 12.2 Å². The summed E-state index contributed by atoms with van der Waals surface area (Å²) in [6, 6.07) is 5.20. The second-order valence-electron chi connectivity index (χ2n) is 5.88. The Morgan fingerprint density at radius 2 is 1.83 bits per heavy atom. The fourth-order valence-corrected chi connectivity index (χ4v) is 3.28. The summed E-state index contributed by atoms with van der Waals surface area (Å²) in [6.07, 6.45) is 4.98. The van der Waals surface area contributed by atoms with Crippen LogP contribution >= 0.6 is 11.6 Å². The number of fused-ring (bicyclic) bond motifs is 1. The molecule has 3 rings (SSSR count). The Morgan fingerprint density at radius 3 is 2.43 bits per heavy atom. The van der Waals surface area contributed by atoms with E-state index < -0.39 is 5.91 Å². The lowest BCUT2D eigenvalue weighted by molar-refractivity contribution is -0.142. The van der Waals surface area contributed by atoms with Crippen molar-refractivity contribution >= 4 is 35.0 Å². The molecule has 1 aliphatic carbocycles. The fraction of sp³-hybridized carbons (Fsp3) is 0.353. The van der Waals surface area contributed by atoms with Crippen LogP contribution in [0.3, 0.4) is 0 Å². The standard InChI is InChI=1S/C17H17ClN2O3/c1-10-13(18)7-4-8-14(10)19-15(21)9-20-16(22)11-5-2-3-6-12(11)17(20)23/h2-4,7-8,11-12H,5-6,9H2,1H3,(H,19,21)/t11-,12-/m1/s1. The van der Waals surface area contributed by atoms with E-state index in [1.54, 1.807) is 25.1 Å². The maximum absolute atomic E-state index is 12.3. The molecule has 5 nitrogen and oxygen atoms in total. The number of halogens is 1. The summed E-state index contributed by atoms with van der Waals surface area (Å²) in [5.74, 6) is -1.52. The molecule has 1 aromatic rings. The first-order valence-electron chi connectivity index (χ1n) is 7.54. The lowest BCUT2D eigenvalue weighted by atomic mass is 9.85. The molecule has 120 valence electrons. The zero-order chi connectivity index (χ0) is 16.6. The summed E-state index contributed by atoms with van der Waals surface area (Å²) in [7, 11) is 0. The Labute approximate surface area is 139 Å². The van der Waals surface area contributed by atoms with Crippen LogP contribution in [0.4, 0.5) is 5.69 Å². The van der Waals surface area contributed by atoms with Gasteiger partial charge in [0.15, 0.2) is 0 Å². The van der Waals surface area contributed by atoms with Gasteiger partial charge in [0.05, 0.1) is 11.8 Å². The first-order chi connectivity index (χ1) is 11.0. The molecule has 0 saturated carbocycles. The van der Waals surface area contributed by atoms with Crippen LogP contribution in [0.5, 0.6) is 0 Å². The summed E-state index contributed by atoms with van der Waals surface area (Å²) in [4.78, 5) is 38.0. The van der Waals surface area contributed by atoms with Crippen LogP contribution in [-0.4, -0.2) is 29.2 Å². The lowest BCUT2D eigenvalue weighted by Crippen LogP contribution is -2.38. The average molecular weight is 333 g/mol. The van der Waals surface area contributed by atoms with Gasteiger partial charge in [0, 0.05) is 10.7 Å². The highest BCUT2D eigenvalue weighted by Gasteiger charge is 2.47. The third kappa shape index (κ3) is 2.88. The van der Waals surface area contributed by atoms with Gasteiger partial charge in [-0.1, -0.05) is 29.8 Å². The number of hydrogen-bond acceptors (Lipinski definition) is 3. The SMILES string of the molecule is Cc1c(Cl)cccc1NC(=O)CN1C(=O)[C@@H]2CC=CC[C@H]2C1=O. The van der Waals surface area contributed by atoms with Gasteiger partial charge in [-0.25, -0.2) is 0 Å². The van der Waals surface area contributed by atoms with Crippen molar-refractivity contribution in [3.05, 3.63) is 40.9 Å². The minimum absolute atomic E-state index is 0.248. The number of allylic oxidation sites excluding steroid dienone is 2. The summed E-state index contributed by atoms with van der Waals surface area (Å²) < 4.78 is 0. The molecule has 3 amide bonds. The highest BCUT2D eigenvalue weighted by Crippen LogP contribution is 2.34. The predicted molar refractivity (Wildman–Crippen MR) is 86.9 cm³/mol. The number of carbonyl (C=O) groups excluding carboxylic acids is 3. The number of likely N-dealkylation sites (tertiary alicyclic amines) is 1. The molecule has 0 spiro atoms. The first kappa shape index (κ1) is 15.7. The summed E-state index contributed by atoms with van der Waals surface area (Å²) in [5, 5.41) is 3.26. The van der Waals surface area contributed by atoms with Crippen molar-refractivity contribution in [2.75, 3.05) is 11.9 Å². The van der Waals surface area contributed by atoms with Gasteiger partial charge in [0.25, 0.3) is 0 Å². The van der Waals surface area contributed by atoms with Crippen molar-refractivity contribution < 1.29 is 14.4 Å². The van der Waals surface area contributed by atoms with Gasteiger partial charge < -0.3 is 5.32 Å². The van der Waals surface area contributed by atoms with Crippen LogP contribution in [-0.2, 0) is 14.4 Å². The smallest absolute Gasteiger partial charge is 0.244 e.